The van der Waals surface area contributed by atoms with Gasteiger partial charge in [0.1, 0.15) is 5.82 Å². The van der Waals surface area contributed by atoms with Crippen molar-refractivity contribution < 1.29 is 5.11 Å². The van der Waals surface area contributed by atoms with Crippen LogP contribution in [-0.4, -0.2) is 44.8 Å². The molecule has 1 aromatic heterocycles. The molecule has 2 N–H and O–H groups in total. The molecular weight excluding hydrogens is 264 g/mol. The number of likely N-dealkylation sites (tertiary alicyclic amines) is 1. The summed E-state index contributed by atoms with van der Waals surface area (Å²) in [6.07, 6.45) is 1.81. The van der Waals surface area contributed by atoms with E-state index in [4.69, 9.17) is 0 Å². The Morgan fingerprint density at radius 2 is 2.19 bits per heavy atom. The van der Waals surface area contributed by atoms with Gasteiger partial charge in [-0.25, -0.2) is 4.98 Å². The van der Waals surface area contributed by atoms with Crippen LogP contribution in [0.5, 0.6) is 0 Å². The van der Waals surface area contributed by atoms with Crippen molar-refractivity contribution in [2.45, 2.75) is 31.8 Å². The minimum absolute atomic E-state index is 0.367. The maximum absolute atomic E-state index is 10.4. The number of aliphatic hydroxyl groups is 1. The molecule has 5 nitrogen and oxygen atoms in total. The Kier molecular flexibility index (Phi) is 4.31. The second-order valence-corrected chi connectivity index (χ2v) is 5.80. The number of hydrogen-bond donors (Lipinski definition) is 2. The van der Waals surface area contributed by atoms with Gasteiger partial charge in [-0.1, -0.05) is 30.3 Å². The molecule has 0 saturated carbocycles. The highest BCUT2D eigenvalue weighted by Gasteiger charge is 2.25. The molecule has 3 rings (SSSR count). The third-order valence-corrected chi connectivity index (χ3v) is 4.10. The van der Waals surface area contributed by atoms with Gasteiger partial charge in [0.25, 0.3) is 0 Å². The Hall–Kier alpha value is -1.72. The second kappa shape index (κ2) is 6.37. The normalized spacial score (nSPS) is 21.3. The van der Waals surface area contributed by atoms with Crippen molar-refractivity contribution in [1.29, 1.82) is 0 Å². The molecule has 21 heavy (non-hydrogen) atoms. The molecule has 0 radical (unpaired) electrons. The Balaban J connectivity index is 1.61. The number of piperidine rings is 1. The second-order valence-electron chi connectivity index (χ2n) is 5.80. The molecule has 2 atom stereocenters. The first kappa shape index (κ1) is 14.2. The van der Waals surface area contributed by atoms with E-state index in [1.165, 1.54) is 0 Å². The van der Waals surface area contributed by atoms with Crippen molar-refractivity contribution in [2.75, 3.05) is 19.6 Å². The Labute approximate surface area is 125 Å². The first-order valence-electron chi connectivity index (χ1n) is 7.56. The monoisotopic (exact) mass is 286 g/mol. The first-order valence-corrected chi connectivity index (χ1v) is 7.56. The van der Waals surface area contributed by atoms with Crippen LogP contribution >= 0.6 is 0 Å². The number of hydrogen-bond acceptors (Lipinski definition) is 4. The molecule has 1 aliphatic rings. The van der Waals surface area contributed by atoms with Gasteiger partial charge in [0.15, 0.2) is 5.82 Å². The van der Waals surface area contributed by atoms with Crippen molar-refractivity contribution in [3.63, 3.8) is 0 Å². The fourth-order valence-corrected chi connectivity index (χ4v) is 3.00. The molecular formula is C16H22N4O. The summed E-state index contributed by atoms with van der Waals surface area (Å²) < 4.78 is 0. The zero-order valence-corrected chi connectivity index (χ0v) is 12.4. The van der Waals surface area contributed by atoms with Crippen molar-refractivity contribution >= 4 is 0 Å². The van der Waals surface area contributed by atoms with Gasteiger partial charge < -0.3 is 5.11 Å². The van der Waals surface area contributed by atoms with Gasteiger partial charge in [-0.15, -0.1) is 0 Å². The van der Waals surface area contributed by atoms with Crippen molar-refractivity contribution in [1.82, 2.24) is 20.1 Å². The summed E-state index contributed by atoms with van der Waals surface area (Å²) in [7, 11) is 0. The predicted molar refractivity (Wildman–Crippen MR) is 80.9 cm³/mol. The lowest BCUT2D eigenvalue weighted by atomic mass is 9.96. The zero-order valence-electron chi connectivity index (χ0n) is 12.4. The lowest BCUT2D eigenvalue weighted by Crippen LogP contribution is -2.37. The van der Waals surface area contributed by atoms with Crippen LogP contribution in [0.2, 0.25) is 0 Å². The van der Waals surface area contributed by atoms with Gasteiger partial charge in [-0.3, -0.25) is 10.00 Å². The van der Waals surface area contributed by atoms with E-state index in [9.17, 15) is 5.11 Å². The van der Waals surface area contributed by atoms with Crippen LogP contribution in [0.15, 0.2) is 30.3 Å². The van der Waals surface area contributed by atoms with Crippen LogP contribution < -0.4 is 0 Å². The maximum Gasteiger partial charge on any atom is 0.155 e. The lowest BCUT2D eigenvalue weighted by molar-refractivity contribution is 0.0945. The minimum atomic E-state index is -0.432. The molecule has 0 bridgehead atoms. The third-order valence-electron chi connectivity index (χ3n) is 4.10. The minimum Gasteiger partial charge on any atom is -0.387 e. The Bertz CT molecular complexity index is 569. The van der Waals surface area contributed by atoms with Gasteiger partial charge >= 0.3 is 0 Å². The number of aryl methyl sites for hydroxylation is 1. The van der Waals surface area contributed by atoms with E-state index in [1.807, 2.05) is 37.3 Å². The lowest BCUT2D eigenvalue weighted by Gasteiger charge is -2.32. The molecule has 2 unspecified atom stereocenters. The van der Waals surface area contributed by atoms with Crippen LogP contribution in [0.1, 0.15) is 42.1 Å². The van der Waals surface area contributed by atoms with E-state index in [0.29, 0.717) is 12.5 Å². The summed E-state index contributed by atoms with van der Waals surface area (Å²) in [6.45, 7) is 4.55. The van der Waals surface area contributed by atoms with E-state index in [0.717, 1.165) is 43.1 Å². The van der Waals surface area contributed by atoms with E-state index in [1.54, 1.807) is 0 Å². The van der Waals surface area contributed by atoms with Crippen molar-refractivity contribution in [3.05, 3.63) is 47.5 Å². The molecule has 1 saturated heterocycles. The molecule has 1 fully saturated rings. The van der Waals surface area contributed by atoms with Crippen LogP contribution in [0.4, 0.5) is 0 Å². The summed E-state index contributed by atoms with van der Waals surface area (Å²) in [5.74, 6) is 2.14. The van der Waals surface area contributed by atoms with Gasteiger partial charge in [0.2, 0.25) is 0 Å². The number of aliphatic hydroxyl groups excluding tert-OH is 1. The Morgan fingerprint density at radius 1 is 1.38 bits per heavy atom. The van der Waals surface area contributed by atoms with Crippen LogP contribution in [-0.2, 0) is 0 Å². The number of β-amino-alcohol motifs (C(OH)–C–C–N with tert-alkyl or cyclic N) is 1. The molecule has 2 aromatic rings. The number of aromatic amines is 1. The summed E-state index contributed by atoms with van der Waals surface area (Å²) in [6, 6.07) is 9.86. The highest BCUT2D eigenvalue weighted by atomic mass is 16.3. The fraction of sp³-hybridized carbons (Fsp3) is 0.500. The molecule has 112 valence electrons. The topological polar surface area (TPSA) is 65.0 Å². The molecule has 1 aliphatic heterocycles. The number of nitrogens with one attached hydrogen (secondary N) is 1. The van der Waals surface area contributed by atoms with E-state index < -0.39 is 6.10 Å². The van der Waals surface area contributed by atoms with Gasteiger partial charge in [-0.2, -0.15) is 5.10 Å². The fourth-order valence-electron chi connectivity index (χ4n) is 3.00. The number of rotatable bonds is 4. The predicted octanol–water partition coefficient (Wildman–Crippen LogP) is 2.03. The number of aromatic nitrogens is 3. The Morgan fingerprint density at radius 3 is 2.90 bits per heavy atom. The average Bonchev–Trinajstić information content (AvgIpc) is 2.95. The highest BCUT2D eigenvalue weighted by Crippen LogP contribution is 2.26. The molecule has 0 amide bonds. The molecule has 1 aromatic carbocycles. The molecule has 2 heterocycles. The summed E-state index contributed by atoms with van der Waals surface area (Å²) >= 11 is 0. The van der Waals surface area contributed by atoms with Gasteiger partial charge in [0, 0.05) is 19.0 Å². The summed E-state index contributed by atoms with van der Waals surface area (Å²) in [4.78, 5) is 6.77. The average molecular weight is 286 g/mol. The standard InChI is InChI=1S/C16H22N4O/c1-12-17-16(19-18-12)14-8-5-9-20(10-14)11-15(21)13-6-3-2-4-7-13/h2-4,6-7,14-15,21H,5,8-11H2,1H3,(H,17,18,19). The highest BCUT2D eigenvalue weighted by molar-refractivity contribution is 5.17. The maximum atomic E-state index is 10.4. The van der Waals surface area contributed by atoms with E-state index in [-0.39, 0.29) is 0 Å². The molecule has 0 aliphatic carbocycles. The quantitative estimate of drug-likeness (QED) is 0.902. The zero-order chi connectivity index (χ0) is 14.7. The van der Waals surface area contributed by atoms with E-state index in [2.05, 4.69) is 20.1 Å². The summed E-state index contributed by atoms with van der Waals surface area (Å²) in [5, 5.41) is 17.6. The summed E-state index contributed by atoms with van der Waals surface area (Å²) in [5.41, 5.74) is 0.980. The SMILES string of the molecule is Cc1nc(C2CCCN(CC(O)c3ccccc3)C2)n[nH]1. The number of benzene rings is 1. The largest absolute Gasteiger partial charge is 0.387 e. The number of nitrogens with zero attached hydrogens (tertiary/aromatic N) is 3. The van der Waals surface area contributed by atoms with Crippen LogP contribution in [0, 0.1) is 6.92 Å². The van der Waals surface area contributed by atoms with E-state index >= 15 is 0 Å². The number of H-pyrrole nitrogens is 1. The smallest absolute Gasteiger partial charge is 0.155 e. The van der Waals surface area contributed by atoms with Crippen molar-refractivity contribution in [2.24, 2.45) is 0 Å². The van der Waals surface area contributed by atoms with Gasteiger partial charge in [-0.05, 0) is 31.9 Å². The van der Waals surface area contributed by atoms with Crippen LogP contribution in [0.25, 0.3) is 0 Å². The third kappa shape index (κ3) is 3.49. The van der Waals surface area contributed by atoms with Gasteiger partial charge in [0.05, 0.1) is 6.10 Å². The van der Waals surface area contributed by atoms with Crippen molar-refractivity contribution in [3.8, 4) is 0 Å². The molecule has 5 heteroatoms. The van der Waals surface area contributed by atoms with Crippen LogP contribution in [0.3, 0.4) is 0 Å². The first-order chi connectivity index (χ1) is 10.2. The molecule has 0 spiro atoms.